The van der Waals surface area contributed by atoms with Crippen LogP contribution in [0.3, 0.4) is 0 Å². The number of aryl methyl sites for hydroxylation is 1. The van der Waals surface area contributed by atoms with Crippen LogP contribution in [0.15, 0.2) is 24.3 Å². The molecule has 1 N–H and O–H groups in total. The highest BCUT2D eigenvalue weighted by Crippen LogP contribution is 2.32. The maximum atomic E-state index is 3.54. The molecule has 1 aliphatic carbocycles. The molecule has 0 aromatic heterocycles. The Morgan fingerprint density at radius 2 is 2.00 bits per heavy atom. The molecule has 2 heteroatoms. The summed E-state index contributed by atoms with van der Waals surface area (Å²) in [5.74, 6) is 0.840. The number of nitrogens with zero attached hydrogens (tertiary/aromatic N) is 1. The molecule has 19 heavy (non-hydrogen) atoms. The van der Waals surface area contributed by atoms with Gasteiger partial charge in [-0.15, -0.1) is 0 Å². The Hall–Kier alpha value is -1.02. The van der Waals surface area contributed by atoms with Gasteiger partial charge in [-0.25, -0.2) is 0 Å². The third kappa shape index (κ3) is 3.11. The van der Waals surface area contributed by atoms with Gasteiger partial charge >= 0.3 is 0 Å². The Bertz CT molecular complexity index is 402. The van der Waals surface area contributed by atoms with Gasteiger partial charge in [0.2, 0.25) is 0 Å². The average molecular weight is 260 g/mol. The van der Waals surface area contributed by atoms with Gasteiger partial charge in [0, 0.05) is 24.3 Å². The molecule has 1 aromatic rings. The van der Waals surface area contributed by atoms with Crippen LogP contribution < -0.4 is 10.2 Å². The van der Waals surface area contributed by atoms with Gasteiger partial charge in [0.25, 0.3) is 0 Å². The van der Waals surface area contributed by atoms with Crippen molar-refractivity contribution in [3.63, 3.8) is 0 Å². The Morgan fingerprint density at radius 3 is 2.63 bits per heavy atom. The lowest BCUT2D eigenvalue weighted by molar-refractivity contribution is 0.269. The van der Waals surface area contributed by atoms with Gasteiger partial charge in [-0.2, -0.15) is 0 Å². The monoisotopic (exact) mass is 260 g/mol. The van der Waals surface area contributed by atoms with E-state index in [1.807, 2.05) is 0 Å². The molecule has 0 radical (unpaired) electrons. The van der Waals surface area contributed by atoms with Gasteiger partial charge in [-0.1, -0.05) is 25.1 Å². The smallest absolute Gasteiger partial charge is 0.0445 e. The number of anilines is 1. The van der Waals surface area contributed by atoms with Crippen LogP contribution >= 0.6 is 0 Å². The first kappa shape index (κ1) is 14.4. The fourth-order valence-electron chi connectivity index (χ4n) is 3.50. The number of rotatable bonds is 4. The van der Waals surface area contributed by atoms with Crippen molar-refractivity contribution in [2.45, 2.75) is 52.1 Å². The minimum atomic E-state index is 0.621. The summed E-state index contributed by atoms with van der Waals surface area (Å²) in [6.07, 6.45) is 3.95. The Morgan fingerprint density at radius 1 is 1.26 bits per heavy atom. The summed E-state index contributed by atoms with van der Waals surface area (Å²) < 4.78 is 0. The summed E-state index contributed by atoms with van der Waals surface area (Å²) in [5, 5.41) is 3.54. The maximum absolute atomic E-state index is 3.54. The van der Waals surface area contributed by atoms with Crippen molar-refractivity contribution in [2.24, 2.45) is 5.92 Å². The molecule has 2 rings (SSSR count). The molecule has 106 valence electrons. The highest BCUT2D eigenvalue weighted by atomic mass is 15.2. The van der Waals surface area contributed by atoms with Gasteiger partial charge < -0.3 is 10.2 Å². The van der Waals surface area contributed by atoms with E-state index in [0.29, 0.717) is 12.1 Å². The van der Waals surface area contributed by atoms with Crippen LogP contribution in [0.5, 0.6) is 0 Å². The van der Waals surface area contributed by atoms with Crippen molar-refractivity contribution in [2.75, 3.05) is 18.5 Å². The van der Waals surface area contributed by atoms with Crippen molar-refractivity contribution in [3.8, 4) is 0 Å². The van der Waals surface area contributed by atoms with E-state index in [4.69, 9.17) is 0 Å². The van der Waals surface area contributed by atoms with Crippen molar-refractivity contribution in [3.05, 3.63) is 29.8 Å². The molecule has 0 amide bonds. The quantitative estimate of drug-likeness (QED) is 0.890. The van der Waals surface area contributed by atoms with Crippen molar-refractivity contribution in [1.82, 2.24) is 5.32 Å². The molecule has 2 nitrogen and oxygen atoms in total. The zero-order chi connectivity index (χ0) is 13.8. The largest absolute Gasteiger partial charge is 0.367 e. The van der Waals surface area contributed by atoms with Crippen LogP contribution in [-0.4, -0.2) is 25.7 Å². The van der Waals surface area contributed by atoms with Crippen LogP contribution in [0.2, 0.25) is 0 Å². The first-order chi connectivity index (χ1) is 9.17. The van der Waals surface area contributed by atoms with Gasteiger partial charge in [0.1, 0.15) is 0 Å². The van der Waals surface area contributed by atoms with Crippen LogP contribution in [0.1, 0.15) is 38.7 Å². The summed E-state index contributed by atoms with van der Waals surface area (Å²) in [6, 6.07) is 10.0. The van der Waals surface area contributed by atoms with E-state index in [2.05, 4.69) is 62.3 Å². The topological polar surface area (TPSA) is 15.3 Å². The lowest BCUT2D eigenvalue weighted by atomic mass is 9.82. The van der Waals surface area contributed by atoms with E-state index in [1.54, 1.807) is 0 Å². The van der Waals surface area contributed by atoms with E-state index in [0.717, 1.165) is 12.5 Å². The van der Waals surface area contributed by atoms with Crippen LogP contribution in [0.4, 0.5) is 5.69 Å². The van der Waals surface area contributed by atoms with E-state index in [9.17, 15) is 0 Å². The Labute approximate surface area is 118 Å². The first-order valence-corrected chi connectivity index (χ1v) is 7.66. The summed E-state index contributed by atoms with van der Waals surface area (Å²) in [6.45, 7) is 7.97. The molecular weight excluding hydrogens is 232 g/mol. The number of likely N-dealkylation sites (N-methyl/N-ethyl adjacent to an activating group) is 2. The predicted molar refractivity (Wildman–Crippen MR) is 83.8 cm³/mol. The Kier molecular flexibility index (Phi) is 4.87. The highest BCUT2D eigenvalue weighted by molar-refractivity contribution is 5.54. The standard InChI is InChI=1S/C17H28N2/c1-5-19(16-9-7-6-8-14(16)3)17-12-13(2)10-11-15(17)18-4/h6-9,13,15,17-18H,5,10-12H2,1-4H3. The molecular formula is C17H28N2. The summed E-state index contributed by atoms with van der Waals surface area (Å²) in [5.41, 5.74) is 2.79. The normalized spacial score (nSPS) is 27.3. The van der Waals surface area contributed by atoms with E-state index in [1.165, 1.54) is 30.5 Å². The lowest BCUT2D eigenvalue weighted by Gasteiger charge is -2.43. The highest BCUT2D eigenvalue weighted by Gasteiger charge is 2.32. The van der Waals surface area contributed by atoms with Crippen molar-refractivity contribution < 1.29 is 0 Å². The lowest BCUT2D eigenvalue weighted by Crippen LogP contribution is -2.52. The summed E-state index contributed by atoms with van der Waals surface area (Å²) >= 11 is 0. The number of benzene rings is 1. The SMILES string of the molecule is CCN(c1ccccc1C)C1CC(C)CCC1NC. The number of hydrogen-bond acceptors (Lipinski definition) is 2. The molecule has 1 saturated carbocycles. The first-order valence-electron chi connectivity index (χ1n) is 7.66. The minimum absolute atomic E-state index is 0.621. The minimum Gasteiger partial charge on any atom is -0.367 e. The van der Waals surface area contributed by atoms with Crippen LogP contribution in [0.25, 0.3) is 0 Å². The molecule has 0 saturated heterocycles. The molecule has 3 unspecified atom stereocenters. The van der Waals surface area contributed by atoms with Gasteiger partial charge in [-0.05, 0) is 57.7 Å². The molecule has 1 aliphatic rings. The van der Waals surface area contributed by atoms with Crippen LogP contribution in [-0.2, 0) is 0 Å². The van der Waals surface area contributed by atoms with E-state index < -0.39 is 0 Å². The van der Waals surface area contributed by atoms with E-state index >= 15 is 0 Å². The molecule has 1 aromatic carbocycles. The molecule has 0 spiro atoms. The fourth-order valence-corrected chi connectivity index (χ4v) is 3.50. The molecule has 0 heterocycles. The molecule has 0 bridgehead atoms. The number of para-hydroxylation sites is 1. The number of nitrogens with one attached hydrogen (secondary N) is 1. The fraction of sp³-hybridized carbons (Fsp3) is 0.647. The van der Waals surface area contributed by atoms with Crippen molar-refractivity contribution in [1.29, 1.82) is 0 Å². The van der Waals surface area contributed by atoms with Gasteiger partial charge in [0.15, 0.2) is 0 Å². The third-order valence-electron chi connectivity index (χ3n) is 4.62. The number of hydrogen-bond donors (Lipinski definition) is 1. The van der Waals surface area contributed by atoms with Crippen molar-refractivity contribution >= 4 is 5.69 Å². The third-order valence-corrected chi connectivity index (χ3v) is 4.62. The average Bonchev–Trinajstić information content (AvgIpc) is 2.42. The summed E-state index contributed by atoms with van der Waals surface area (Å²) in [4.78, 5) is 2.60. The summed E-state index contributed by atoms with van der Waals surface area (Å²) in [7, 11) is 2.11. The molecule has 3 atom stereocenters. The molecule has 0 aliphatic heterocycles. The second kappa shape index (κ2) is 6.42. The molecule has 1 fully saturated rings. The van der Waals surface area contributed by atoms with Gasteiger partial charge in [0.05, 0.1) is 0 Å². The zero-order valence-corrected chi connectivity index (χ0v) is 12.8. The van der Waals surface area contributed by atoms with Gasteiger partial charge in [-0.3, -0.25) is 0 Å². The zero-order valence-electron chi connectivity index (χ0n) is 12.8. The Balaban J connectivity index is 2.26. The second-order valence-electron chi connectivity index (χ2n) is 5.95. The second-order valence-corrected chi connectivity index (χ2v) is 5.95. The van der Waals surface area contributed by atoms with E-state index in [-0.39, 0.29) is 0 Å². The van der Waals surface area contributed by atoms with Crippen LogP contribution in [0, 0.1) is 12.8 Å². The maximum Gasteiger partial charge on any atom is 0.0445 e. The predicted octanol–water partition coefficient (Wildman–Crippen LogP) is 3.60.